The first-order valence-electron chi connectivity index (χ1n) is 6.18. The second-order valence-electron chi connectivity index (χ2n) is 4.09. The zero-order valence-corrected chi connectivity index (χ0v) is 11.4. The molecule has 0 aliphatic carbocycles. The lowest BCUT2D eigenvalue weighted by atomic mass is 10.1. The number of hydrogen-bond donors (Lipinski definition) is 1. The molecule has 1 aromatic carbocycles. The van der Waals surface area contributed by atoms with Crippen molar-refractivity contribution in [1.29, 1.82) is 0 Å². The van der Waals surface area contributed by atoms with Crippen LogP contribution in [0.25, 0.3) is 0 Å². The Bertz CT molecular complexity index is 582. The van der Waals surface area contributed by atoms with Gasteiger partial charge in [0.1, 0.15) is 12.4 Å². The summed E-state index contributed by atoms with van der Waals surface area (Å²) in [5.41, 5.74) is 1.47. The van der Waals surface area contributed by atoms with Crippen molar-refractivity contribution < 1.29 is 14.3 Å². The molecule has 2 aromatic rings. The van der Waals surface area contributed by atoms with Crippen LogP contribution in [0.2, 0.25) is 0 Å². The minimum atomic E-state index is -0.346. The number of esters is 1. The number of carbonyl (C=O) groups is 1. The summed E-state index contributed by atoms with van der Waals surface area (Å²) < 4.78 is 10.2. The van der Waals surface area contributed by atoms with E-state index >= 15 is 0 Å². The molecule has 2 rings (SSSR count). The Kier molecular flexibility index (Phi) is 4.55. The highest BCUT2D eigenvalue weighted by Gasteiger charge is 2.04. The molecule has 1 N–H and O–H groups in total. The van der Waals surface area contributed by atoms with E-state index in [1.54, 1.807) is 25.2 Å². The molecule has 5 heteroatoms. The molecule has 0 unspecified atom stereocenters. The van der Waals surface area contributed by atoms with Crippen molar-refractivity contribution in [3.05, 3.63) is 53.6 Å². The Hall–Kier alpha value is -2.56. The SMILES string of the molecule is CNc1cccc(OCc2ccc(C(=O)OC)cc2)n1. The van der Waals surface area contributed by atoms with Gasteiger partial charge in [-0.25, -0.2) is 4.79 Å². The zero-order chi connectivity index (χ0) is 14.4. The van der Waals surface area contributed by atoms with E-state index in [1.807, 2.05) is 24.3 Å². The molecule has 0 saturated carbocycles. The predicted molar refractivity (Wildman–Crippen MR) is 75.9 cm³/mol. The van der Waals surface area contributed by atoms with Crippen molar-refractivity contribution in [1.82, 2.24) is 4.98 Å². The summed E-state index contributed by atoms with van der Waals surface area (Å²) in [6.07, 6.45) is 0. The quantitative estimate of drug-likeness (QED) is 0.847. The number of benzene rings is 1. The molecule has 1 heterocycles. The summed E-state index contributed by atoms with van der Waals surface area (Å²) in [6.45, 7) is 0.390. The van der Waals surface area contributed by atoms with Crippen LogP contribution < -0.4 is 10.1 Å². The summed E-state index contributed by atoms with van der Waals surface area (Å²) in [6, 6.07) is 12.6. The van der Waals surface area contributed by atoms with Gasteiger partial charge in [-0.05, 0) is 23.8 Å². The van der Waals surface area contributed by atoms with E-state index in [0.717, 1.165) is 11.4 Å². The van der Waals surface area contributed by atoms with Gasteiger partial charge < -0.3 is 14.8 Å². The van der Waals surface area contributed by atoms with Gasteiger partial charge in [0, 0.05) is 13.1 Å². The van der Waals surface area contributed by atoms with Crippen molar-refractivity contribution in [3.8, 4) is 5.88 Å². The van der Waals surface area contributed by atoms with E-state index in [0.29, 0.717) is 18.1 Å². The lowest BCUT2D eigenvalue weighted by molar-refractivity contribution is 0.0600. The van der Waals surface area contributed by atoms with Crippen LogP contribution in [0.4, 0.5) is 5.82 Å². The lowest BCUT2D eigenvalue weighted by Crippen LogP contribution is -2.02. The van der Waals surface area contributed by atoms with Gasteiger partial charge in [0.2, 0.25) is 5.88 Å². The molecule has 5 nitrogen and oxygen atoms in total. The maximum Gasteiger partial charge on any atom is 0.337 e. The van der Waals surface area contributed by atoms with Crippen LogP contribution in [0.1, 0.15) is 15.9 Å². The molecule has 0 radical (unpaired) electrons. The molecule has 0 aliphatic heterocycles. The average molecular weight is 272 g/mol. The number of anilines is 1. The Balaban J connectivity index is 1.98. The smallest absolute Gasteiger partial charge is 0.337 e. The highest BCUT2D eigenvalue weighted by atomic mass is 16.5. The number of hydrogen-bond acceptors (Lipinski definition) is 5. The van der Waals surface area contributed by atoms with Crippen LogP contribution >= 0.6 is 0 Å². The first-order valence-corrected chi connectivity index (χ1v) is 6.18. The molecule has 104 valence electrons. The Morgan fingerprint density at radius 1 is 1.20 bits per heavy atom. The predicted octanol–water partition coefficient (Wildman–Crippen LogP) is 2.49. The largest absolute Gasteiger partial charge is 0.473 e. The molecule has 0 saturated heterocycles. The Morgan fingerprint density at radius 2 is 1.95 bits per heavy atom. The average Bonchev–Trinajstić information content (AvgIpc) is 2.53. The van der Waals surface area contributed by atoms with Crippen molar-refractivity contribution in [2.45, 2.75) is 6.61 Å². The monoisotopic (exact) mass is 272 g/mol. The number of ether oxygens (including phenoxy) is 2. The molecular formula is C15H16N2O3. The molecule has 0 bridgehead atoms. The lowest BCUT2D eigenvalue weighted by Gasteiger charge is -2.07. The van der Waals surface area contributed by atoms with Gasteiger partial charge in [-0.15, -0.1) is 0 Å². The van der Waals surface area contributed by atoms with E-state index in [1.165, 1.54) is 7.11 Å². The number of aromatic nitrogens is 1. The number of nitrogens with one attached hydrogen (secondary N) is 1. The maximum absolute atomic E-state index is 11.3. The number of carbonyl (C=O) groups excluding carboxylic acids is 1. The van der Waals surface area contributed by atoms with E-state index in [-0.39, 0.29) is 5.97 Å². The third-order valence-corrected chi connectivity index (χ3v) is 2.74. The van der Waals surface area contributed by atoms with Gasteiger partial charge in [-0.2, -0.15) is 4.98 Å². The van der Waals surface area contributed by atoms with Crippen LogP contribution in [0.5, 0.6) is 5.88 Å². The number of nitrogens with zero attached hydrogens (tertiary/aromatic N) is 1. The number of methoxy groups -OCH3 is 1. The van der Waals surface area contributed by atoms with E-state index in [2.05, 4.69) is 15.0 Å². The molecule has 0 aliphatic rings. The van der Waals surface area contributed by atoms with Crippen LogP contribution in [0.3, 0.4) is 0 Å². The molecule has 1 aromatic heterocycles. The molecule has 0 spiro atoms. The van der Waals surface area contributed by atoms with Gasteiger partial charge in [-0.1, -0.05) is 18.2 Å². The summed E-state index contributed by atoms with van der Waals surface area (Å²) in [7, 11) is 3.16. The van der Waals surface area contributed by atoms with Crippen LogP contribution in [0.15, 0.2) is 42.5 Å². The molecule has 0 atom stereocenters. The van der Waals surface area contributed by atoms with Crippen molar-refractivity contribution in [3.63, 3.8) is 0 Å². The second-order valence-corrected chi connectivity index (χ2v) is 4.09. The molecular weight excluding hydrogens is 256 g/mol. The van der Waals surface area contributed by atoms with Crippen molar-refractivity contribution >= 4 is 11.8 Å². The van der Waals surface area contributed by atoms with E-state index in [4.69, 9.17) is 4.74 Å². The highest BCUT2D eigenvalue weighted by Crippen LogP contribution is 2.13. The topological polar surface area (TPSA) is 60.5 Å². The molecule has 20 heavy (non-hydrogen) atoms. The molecule has 0 amide bonds. The minimum absolute atomic E-state index is 0.346. The summed E-state index contributed by atoms with van der Waals surface area (Å²) in [5.74, 6) is 0.957. The Labute approximate surface area is 117 Å². The minimum Gasteiger partial charge on any atom is -0.473 e. The van der Waals surface area contributed by atoms with Crippen LogP contribution in [-0.4, -0.2) is 25.1 Å². The van der Waals surface area contributed by atoms with Crippen LogP contribution in [-0.2, 0) is 11.3 Å². The first kappa shape index (κ1) is 13.9. The summed E-state index contributed by atoms with van der Waals surface area (Å²) >= 11 is 0. The third kappa shape index (κ3) is 3.47. The number of pyridine rings is 1. The fourth-order valence-corrected chi connectivity index (χ4v) is 1.65. The van der Waals surface area contributed by atoms with Gasteiger partial charge in [-0.3, -0.25) is 0 Å². The standard InChI is InChI=1S/C15H16N2O3/c1-16-13-4-3-5-14(17-13)20-10-11-6-8-12(9-7-11)15(18)19-2/h3-9H,10H2,1-2H3,(H,16,17). The second kappa shape index (κ2) is 6.56. The molecule has 0 fully saturated rings. The van der Waals surface area contributed by atoms with E-state index in [9.17, 15) is 4.79 Å². The Morgan fingerprint density at radius 3 is 2.60 bits per heavy atom. The van der Waals surface area contributed by atoms with Gasteiger partial charge in [0.05, 0.1) is 12.7 Å². The third-order valence-electron chi connectivity index (χ3n) is 2.74. The summed E-state index contributed by atoms with van der Waals surface area (Å²) in [5, 5.41) is 2.95. The van der Waals surface area contributed by atoms with Crippen molar-refractivity contribution in [2.24, 2.45) is 0 Å². The van der Waals surface area contributed by atoms with Crippen molar-refractivity contribution in [2.75, 3.05) is 19.5 Å². The number of rotatable bonds is 5. The fraction of sp³-hybridized carbons (Fsp3) is 0.200. The highest BCUT2D eigenvalue weighted by molar-refractivity contribution is 5.89. The van der Waals surface area contributed by atoms with E-state index < -0.39 is 0 Å². The maximum atomic E-state index is 11.3. The fourth-order valence-electron chi connectivity index (χ4n) is 1.65. The normalized spacial score (nSPS) is 9.90. The summed E-state index contributed by atoms with van der Waals surface area (Å²) in [4.78, 5) is 15.6. The first-order chi connectivity index (χ1) is 9.72. The van der Waals surface area contributed by atoms with Crippen LogP contribution in [0, 0.1) is 0 Å². The van der Waals surface area contributed by atoms with Gasteiger partial charge >= 0.3 is 5.97 Å². The zero-order valence-electron chi connectivity index (χ0n) is 11.4. The van der Waals surface area contributed by atoms with Gasteiger partial charge in [0.15, 0.2) is 0 Å². The van der Waals surface area contributed by atoms with Gasteiger partial charge in [0.25, 0.3) is 0 Å².